The number of nitrogens with one attached hydrogen (secondary N) is 1. The molecule has 118 valence electrons. The van der Waals surface area contributed by atoms with Crippen molar-refractivity contribution in [3.8, 4) is 0 Å². The Labute approximate surface area is 135 Å². The van der Waals surface area contributed by atoms with E-state index in [4.69, 9.17) is 39.5 Å². The Morgan fingerprint density at radius 1 is 1.55 bits per heavy atom. The van der Waals surface area contributed by atoms with Gasteiger partial charge in [0.15, 0.2) is 0 Å². The Bertz CT molecular complexity index is 604. The molecule has 8 nitrogen and oxygen atoms in total. The summed E-state index contributed by atoms with van der Waals surface area (Å²) in [6.07, 6.45) is 2.97. The average Bonchev–Trinajstić information content (AvgIpc) is 2.79. The normalized spacial score (nSPS) is 21.3. The third-order valence-corrected chi connectivity index (χ3v) is 3.65. The quantitative estimate of drug-likeness (QED) is 0.341. The Balaban J connectivity index is 0.000000295. The molecule has 0 amide bonds. The molecule has 4 N–H and O–H groups in total. The summed E-state index contributed by atoms with van der Waals surface area (Å²) in [5.74, 6) is 0. The summed E-state index contributed by atoms with van der Waals surface area (Å²) in [5, 5.41) is 0. The van der Waals surface area contributed by atoms with Gasteiger partial charge in [-0.05, 0) is 19.8 Å². The first kappa shape index (κ1) is 19.5. The van der Waals surface area contributed by atoms with Crippen LogP contribution >= 0.6 is 20.4 Å². The molecule has 22 heavy (non-hydrogen) atoms. The molecule has 12 heteroatoms. The van der Waals surface area contributed by atoms with Gasteiger partial charge in [-0.25, -0.2) is 4.79 Å². The Hall–Kier alpha value is -0.540. The third kappa shape index (κ3) is 6.29. The molecule has 2 atom stereocenters. The van der Waals surface area contributed by atoms with E-state index in [9.17, 15) is 4.79 Å². The number of aryl methyl sites for hydroxylation is 1. The number of nitrogens with zero attached hydrogens (tertiary/aromatic N) is 1. The number of H-pyrrole nitrogens is 1. The molecule has 1 saturated heterocycles. The van der Waals surface area contributed by atoms with Crippen molar-refractivity contribution in [3.05, 3.63) is 26.9 Å². The molecule has 1 aliphatic rings. The Morgan fingerprint density at radius 3 is 2.59 bits per heavy atom. The highest BCUT2D eigenvalue weighted by Gasteiger charge is 2.31. The average molecular weight is 345 g/mol. The van der Waals surface area contributed by atoms with Gasteiger partial charge in [-0.3, -0.25) is 9.55 Å². The van der Waals surface area contributed by atoms with Gasteiger partial charge in [0.1, 0.15) is 26.6 Å². The minimum absolute atomic E-state index is 0.246. The molecular weight excluding hydrogens is 329 g/mol. The topological polar surface area (TPSA) is 117 Å². The molecule has 2 heterocycles. The van der Waals surface area contributed by atoms with Crippen molar-refractivity contribution in [2.45, 2.75) is 32.0 Å². The smallest absolute Gasteiger partial charge is 0.364 e. The summed E-state index contributed by atoms with van der Waals surface area (Å²) < 4.78 is 11.2. The second-order valence-corrected chi connectivity index (χ2v) is 6.19. The van der Waals surface area contributed by atoms with E-state index >= 15 is 0 Å². The van der Waals surface area contributed by atoms with Crippen molar-refractivity contribution in [2.24, 2.45) is 0 Å². The van der Waals surface area contributed by atoms with Crippen molar-refractivity contribution in [1.29, 1.82) is 0 Å². The van der Waals surface area contributed by atoms with Gasteiger partial charge in [0.2, 0.25) is 0 Å². The standard InChI is InChI=1S/C9H11BN2O2S.CH5BO4P/c1-5-4-12(9(13)11-8(5)15)7-3-2-6(10)14-7;2-1-6-7(3,4)5/h4,6-7H,2-3H2,1H3,(H,11,13,15);3-5H,1H2/q;+1/t6-,7?;/m0./s1. The molecule has 0 aliphatic carbocycles. The lowest BCUT2D eigenvalue weighted by Crippen LogP contribution is -2.27. The van der Waals surface area contributed by atoms with Crippen LogP contribution in [0.25, 0.3) is 0 Å². The number of hydrogen-bond donors (Lipinski definition) is 4. The van der Waals surface area contributed by atoms with Crippen LogP contribution in [0.2, 0.25) is 0 Å². The van der Waals surface area contributed by atoms with Crippen molar-refractivity contribution in [1.82, 2.24) is 9.55 Å². The molecule has 1 aliphatic heterocycles. The Morgan fingerprint density at radius 2 is 2.18 bits per heavy atom. The van der Waals surface area contributed by atoms with E-state index in [0.717, 1.165) is 18.4 Å². The molecule has 0 aromatic carbocycles. The van der Waals surface area contributed by atoms with Crippen LogP contribution in [0.15, 0.2) is 11.0 Å². The summed E-state index contributed by atoms with van der Waals surface area (Å²) in [4.78, 5) is 38.0. The molecule has 0 spiro atoms. The van der Waals surface area contributed by atoms with E-state index in [1.807, 2.05) is 6.92 Å². The van der Waals surface area contributed by atoms with Gasteiger partial charge in [-0.15, -0.1) is 0 Å². The molecule has 2 rings (SSSR count). The van der Waals surface area contributed by atoms with Crippen molar-refractivity contribution >= 4 is 36.1 Å². The lowest BCUT2D eigenvalue weighted by Gasteiger charge is -2.14. The third-order valence-electron chi connectivity index (χ3n) is 2.73. The van der Waals surface area contributed by atoms with Gasteiger partial charge in [0.25, 0.3) is 0 Å². The fourth-order valence-corrected chi connectivity index (χ4v) is 2.09. The van der Waals surface area contributed by atoms with Crippen molar-refractivity contribution in [3.63, 3.8) is 0 Å². The summed E-state index contributed by atoms with van der Waals surface area (Å²) in [6, 6.07) is -0.273. The zero-order valence-electron chi connectivity index (χ0n) is 11.9. The minimum atomic E-state index is -4.04. The SMILES string of the molecule is [B]CO[P+](O)(O)O.[B][C@@H]1CCC(n2cc(C)c(=S)[nH]c2=O)O1. The predicted octanol–water partition coefficient (Wildman–Crippen LogP) is -0.199. The molecule has 1 aromatic heterocycles. The molecule has 1 unspecified atom stereocenters. The second kappa shape index (κ2) is 8.35. The summed E-state index contributed by atoms with van der Waals surface area (Å²) >= 11 is 4.96. The van der Waals surface area contributed by atoms with Crippen LogP contribution in [-0.4, -0.2) is 52.4 Å². The van der Waals surface area contributed by atoms with E-state index in [-0.39, 0.29) is 17.9 Å². The van der Waals surface area contributed by atoms with Crippen LogP contribution in [0.5, 0.6) is 0 Å². The molecule has 0 saturated carbocycles. The number of ether oxygens (including phenoxy) is 1. The van der Waals surface area contributed by atoms with Gasteiger partial charge in [0.05, 0.1) is 6.51 Å². The van der Waals surface area contributed by atoms with E-state index in [2.05, 4.69) is 17.4 Å². The van der Waals surface area contributed by atoms with Crippen molar-refractivity contribution < 1.29 is 23.9 Å². The monoisotopic (exact) mass is 345 g/mol. The van der Waals surface area contributed by atoms with E-state index in [0.29, 0.717) is 4.64 Å². The molecular formula is C10H16B2N2O6PS+. The van der Waals surface area contributed by atoms with Gasteiger partial charge in [-0.2, -0.15) is 19.2 Å². The summed E-state index contributed by atoms with van der Waals surface area (Å²) in [7, 11) is 6.21. The first-order valence-corrected chi connectivity index (χ1v) is 8.26. The van der Waals surface area contributed by atoms with Crippen LogP contribution in [0.3, 0.4) is 0 Å². The lowest BCUT2D eigenvalue weighted by atomic mass is 9.98. The molecule has 4 radical (unpaired) electrons. The predicted molar refractivity (Wildman–Crippen MR) is 84.8 cm³/mol. The van der Waals surface area contributed by atoms with Gasteiger partial charge >= 0.3 is 13.9 Å². The highest BCUT2D eigenvalue weighted by molar-refractivity contribution is 7.71. The van der Waals surface area contributed by atoms with Crippen LogP contribution < -0.4 is 5.69 Å². The minimum Gasteiger partial charge on any atom is -0.364 e. The maximum Gasteiger partial charge on any atom is 0.566 e. The largest absolute Gasteiger partial charge is 0.566 e. The Kier molecular flexibility index (Phi) is 7.40. The first-order chi connectivity index (χ1) is 10.1. The maximum atomic E-state index is 11.6. The summed E-state index contributed by atoms with van der Waals surface area (Å²) in [5.41, 5.74) is 0.610. The van der Waals surface area contributed by atoms with Crippen LogP contribution in [-0.2, 0) is 9.26 Å². The fourth-order valence-electron chi connectivity index (χ4n) is 1.75. The molecule has 1 aromatic rings. The number of aromatic amines is 1. The van der Waals surface area contributed by atoms with E-state index in [1.165, 1.54) is 4.57 Å². The van der Waals surface area contributed by atoms with Gasteiger partial charge in [-0.1, -0.05) is 12.2 Å². The molecule has 0 bridgehead atoms. The number of rotatable bonds is 3. The summed E-state index contributed by atoms with van der Waals surface area (Å²) in [6.45, 7) is 1.46. The fraction of sp³-hybridized carbons (Fsp3) is 0.600. The van der Waals surface area contributed by atoms with Gasteiger partial charge < -0.3 is 4.74 Å². The first-order valence-electron chi connectivity index (χ1n) is 6.29. The number of aromatic nitrogens is 2. The molecule has 1 fully saturated rings. The lowest BCUT2D eigenvalue weighted by molar-refractivity contribution is 0.0339. The zero-order chi connectivity index (χ0) is 16.9. The van der Waals surface area contributed by atoms with Crippen molar-refractivity contribution in [2.75, 3.05) is 6.51 Å². The van der Waals surface area contributed by atoms with Gasteiger partial charge in [0, 0.05) is 17.8 Å². The highest BCUT2D eigenvalue weighted by atomic mass is 32.1. The second-order valence-electron chi connectivity index (χ2n) is 4.49. The highest BCUT2D eigenvalue weighted by Crippen LogP contribution is 2.44. The number of hydrogen-bond acceptors (Lipinski definition) is 7. The van der Waals surface area contributed by atoms with E-state index < -0.39 is 14.7 Å². The van der Waals surface area contributed by atoms with Crippen LogP contribution in [0.1, 0.15) is 24.6 Å². The van der Waals surface area contributed by atoms with Crippen LogP contribution in [0.4, 0.5) is 0 Å². The van der Waals surface area contributed by atoms with E-state index in [1.54, 1.807) is 6.20 Å². The zero-order valence-corrected chi connectivity index (χ0v) is 13.6. The van der Waals surface area contributed by atoms with Crippen LogP contribution in [0, 0.1) is 11.6 Å². The maximum absolute atomic E-state index is 11.6.